The van der Waals surface area contributed by atoms with Crippen LogP contribution in [-0.2, 0) is 4.74 Å². The Hall–Kier alpha value is -2.12. The number of guanidine groups is 1. The van der Waals surface area contributed by atoms with Gasteiger partial charge in [-0.25, -0.2) is 10.8 Å². The van der Waals surface area contributed by atoms with Gasteiger partial charge in [-0.15, -0.1) is 0 Å². The molecule has 0 aliphatic carbocycles. The van der Waals surface area contributed by atoms with E-state index >= 15 is 0 Å². The minimum absolute atomic E-state index is 0.416. The molecule has 0 spiro atoms. The highest BCUT2D eigenvalue weighted by molar-refractivity contribution is 5.95. The SMILES string of the molecule is COCCN=C(NN)Nc1ccc(C(N)=O)cc1. The summed E-state index contributed by atoms with van der Waals surface area (Å²) in [5, 5.41) is 2.96. The number of hydrogen-bond acceptors (Lipinski definition) is 4. The molecule has 7 nitrogen and oxygen atoms in total. The van der Waals surface area contributed by atoms with Gasteiger partial charge < -0.3 is 15.8 Å². The number of nitrogens with two attached hydrogens (primary N) is 2. The second kappa shape index (κ2) is 7.25. The smallest absolute Gasteiger partial charge is 0.248 e. The van der Waals surface area contributed by atoms with Crippen LogP contribution in [0.3, 0.4) is 0 Å². The quantitative estimate of drug-likeness (QED) is 0.188. The lowest BCUT2D eigenvalue weighted by atomic mass is 10.2. The molecule has 0 fully saturated rings. The van der Waals surface area contributed by atoms with E-state index in [4.69, 9.17) is 16.3 Å². The number of aliphatic imine (C=N–C) groups is 1. The van der Waals surface area contributed by atoms with Gasteiger partial charge in [0.2, 0.25) is 11.9 Å². The third-order valence-electron chi connectivity index (χ3n) is 2.13. The number of ether oxygens (including phenoxy) is 1. The molecule has 0 saturated carbocycles. The number of primary amides is 1. The van der Waals surface area contributed by atoms with Gasteiger partial charge in [-0.1, -0.05) is 0 Å². The highest BCUT2D eigenvalue weighted by atomic mass is 16.5. The summed E-state index contributed by atoms with van der Waals surface area (Å²) in [6.07, 6.45) is 0. The van der Waals surface area contributed by atoms with Crippen molar-refractivity contribution < 1.29 is 9.53 Å². The van der Waals surface area contributed by atoms with E-state index < -0.39 is 5.91 Å². The van der Waals surface area contributed by atoms with E-state index in [9.17, 15) is 4.79 Å². The molecule has 98 valence electrons. The predicted octanol–water partition coefficient (Wildman–Crippen LogP) is -0.337. The molecule has 0 aromatic heterocycles. The number of carbonyl (C=O) groups excluding carboxylic acids is 1. The maximum Gasteiger partial charge on any atom is 0.248 e. The van der Waals surface area contributed by atoms with E-state index in [-0.39, 0.29) is 0 Å². The van der Waals surface area contributed by atoms with Gasteiger partial charge in [-0.3, -0.25) is 10.2 Å². The highest BCUT2D eigenvalue weighted by Gasteiger charge is 2.01. The van der Waals surface area contributed by atoms with Crippen LogP contribution in [-0.4, -0.2) is 32.1 Å². The van der Waals surface area contributed by atoms with Gasteiger partial charge in [0, 0.05) is 18.4 Å². The zero-order valence-electron chi connectivity index (χ0n) is 10.1. The van der Waals surface area contributed by atoms with Crippen molar-refractivity contribution in [2.45, 2.75) is 0 Å². The third-order valence-corrected chi connectivity index (χ3v) is 2.13. The second-order valence-electron chi connectivity index (χ2n) is 3.43. The lowest BCUT2D eigenvalue weighted by molar-refractivity contribution is 0.100. The summed E-state index contributed by atoms with van der Waals surface area (Å²) in [4.78, 5) is 15.0. The van der Waals surface area contributed by atoms with Gasteiger partial charge in [0.15, 0.2) is 0 Å². The number of hydrogen-bond donors (Lipinski definition) is 4. The van der Waals surface area contributed by atoms with Crippen LogP contribution < -0.4 is 22.3 Å². The summed E-state index contributed by atoms with van der Waals surface area (Å²) in [7, 11) is 1.60. The molecule has 1 aromatic rings. The molecule has 18 heavy (non-hydrogen) atoms. The fourth-order valence-corrected chi connectivity index (χ4v) is 1.22. The maximum absolute atomic E-state index is 10.9. The number of nitrogens with one attached hydrogen (secondary N) is 2. The topological polar surface area (TPSA) is 115 Å². The summed E-state index contributed by atoms with van der Waals surface area (Å²) in [5.74, 6) is 5.27. The molecule has 0 atom stereocenters. The maximum atomic E-state index is 10.9. The molecule has 0 bridgehead atoms. The van der Waals surface area contributed by atoms with Crippen molar-refractivity contribution in [1.29, 1.82) is 0 Å². The fraction of sp³-hybridized carbons (Fsp3) is 0.273. The van der Waals surface area contributed by atoms with Gasteiger partial charge in [0.25, 0.3) is 0 Å². The van der Waals surface area contributed by atoms with Crippen LogP contribution in [0.4, 0.5) is 5.69 Å². The second-order valence-corrected chi connectivity index (χ2v) is 3.43. The molecule has 0 aliphatic heterocycles. The molecular weight excluding hydrogens is 234 g/mol. The molecule has 0 aliphatic rings. The Morgan fingerprint density at radius 3 is 2.56 bits per heavy atom. The lowest BCUT2D eigenvalue weighted by Crippen LogP contribution is -2.36. The number of anilines is 1. The predicted molar refractivity (Wildman–Crippen MR) is 70.1 cm³/mol. The monoisotopic (exact) mass is 251 g/mol. The summed E-state index contributed by atoms with van der Waals surface area (Å²) in [5.41, 5.74) is 8.77. The number of hydrazine groups is 1. The summed E-state index contributed by atoms with van der Waals surface area (Å²) in [6.45, 7) is 0.996. The lowest BCUT2D eigenvalue weighted by Gasteiger charge is -2.09. The molecule has 0 heterocycles. The Morgan fingerprint density at radius 1 is 1.39 bits per heavy atom. The van der Waals surface area contributed by atoms with Crippen molar-refractivity contribution in [2.24, 2.45) is 16.6 Å². The Balaban J connectivity index is 2.64. The van der Waals surface area contributed by atoms with Crippen LogP contribution in [0.15, 0.2) is 29.3 Å². The minimum Gasteiger partial charge on any atom is -0.383 e. The van der Waals surface area contributed by atoms with Crippen LogP contribution in [0.25, 0.3) is 0 Å². The van der Waals surface area contributed by atoms with E-state index in [1.165, 1.54) is 0 Å². The van der Waals surface area contributed by atoms with E-state index in [1.54, 1.807) is 31.4 Å². The summed E-state index contributed by atoms with van der Waals surface area (Å²) >= 11 is 0. The largest absolute Gasteiger partial charge is 0.383 e. The molecular formula is C11H17N5O2. The average molecular weight is 251 g/mol. The number of carbonyl (C=O) groups is 1. The number of benzene rings is 1. The first-order valence-corrected chi connectivity index (χ1v) is 5.34. The first-order valence-electron chi connectivity index (χ1n) is 5.34. The third kappa shape index (κ3) is 4.40. The van der Waals surface area contributed by atoms with E-state index in [1.807, 2.05) is 0 Å². The zero-order valence-corrected chi connectivity index (χ0v) is 10.1. The van der Waals surface area contributed by atoms with Gasteiger partial charge in [-0.05, 0) is 24.3 Å². The summed E-state index contributed by atoms with van der Waals surface area (Å²) in [6, 6.07) is 6.66. The molecule has 0 saturated heterocycles. The molecule has 1 aromatic carbocycles. The van der Waals surface area contributed by atoms with Crippen LogP contribution in [0.5, 0.6) is 0 Å². The van der Waals surface area contributed by atoms with Crippen LogP contribution in [0.1, 0.15) is 10.4 Å². The van der Waals surface area contributed by atoms with Crippen molar-refractivity contribution in [3.63, 3.8) is 0 Å². The summed E-state index contributed by atoms with van der Waals surface area (Å²) < 4.78 is 4.87. The standard InChI is InChI=1S/C11H17N5O2/c1-18-7-6-14-11(16-13)15-9-4-2-8(3-5-9)10(12)17/h2-5H,6-7,13H2,1H3,(H2,12,17)(H2,14,15,16). The van der Waals surface area contributed by atoms with Crippen molar-refractivity contribution >= 4 is 17.6 Å². The van der Waals surface area contributed by atoms with Crippen LogP contribution in [0.2, 0.25) is 0 Å². The normalized spacial score (nSPS) is 11.1. The van der Waals surface area contributed by atoms with E-state index in [2.05, 4.69) is 15.7 Å². The van der Waals surface area contributed by atoms with Crippen molar-refractivity contribution in [3.8, 4) is 0 Å². The van der Waals surface area contributed by atoms with Gasteiger partial charge in [0.1, 0.15) is 0 Å². The minimum atomic E-state index is -0.465. The number of methoxy groups -OCH3 is 1. The number of rotatable bonds is 5. The first-order chi connectivity index (χ1) is 8.67. The molecule has 0 unspecified atom stereocenters. The van der Waals surface area contributed by atoms with Crippen LogP contribution >= 0.6 is 0 Å². The first kappa shape index (κ1) is 13.9. The Kier molecular flexibility index (Phi) is 5.62. The molecule has 7 heteroatoms. The van der Waals surface area contributed by atoms with Crippen molar-refractivity contribution in [3.05, 3.63) is 29.8 Å². The fourth-order valence-electron chi connectivity index (χ4n) is 1.22. The van der Waals surface area contributed by atoms with Crippen molar-refractivity contribution in [2.75, 3.05) is 25.6 Å². The Bertz CT molecular complexity index is 416. The molecule has 1 rings (SSSR count). The molecule has 6 N–H and O–H groups in total. The van der Waals surface area contributed by atoms with Gasteiger partial charge in [0.05, 0.1) is 13.2 Å². The van der Waals surface area contributed by atoms with Crippen molar-refractivity contribution in [1.82, 2.24) is 5.43 Å². The van der Waals surface area contributed by atoms with Gasteiger partial charge >= 0.3 is 0 Å². The molecule has 0 radical (unpaired) electrons. The van der Waals surface area contributed by atoms with E-state index in [0.717, 1.165) is 5.69 Å². The molecule has 1 amide bonds. The zero-order chi connectivity index (χ0) is 13.4. The number of nitrogens with zero attached hydrogens (tertiary/aromatic N) is 1. The Labute approximate surface area is 105 Å². The Morgan fingerprint density at radius 2 is 2.06 bits per heavy atom. The average Bonchev–Trinajstić information content (AvgIpc) is 2.38. The van der Waals surface area contributed by atoms with Gasteiger partial charge in [-0.2, -0.15) is 0 Å². The highest BCUT2D eigenvalue weighted by Crippen LogP contribution is 2.08. The number of amides is 1. The van der Waals surface area contributed by atoms with E-state index in [0.29, 0.717) is 24.7 Å². The van der Waals surface area contributed by atoms with Crippen LogP contribution in [0, 0.1) is 0 Å².